The van der Waals surface area contributed by atoms with E-state index in [1.165, 1.54) is 4.57 Å². The molecule has 1 heterocycles. The van der Waals surface area contributed by atoms with Crippen molar-refractivity contribution in [1.82, 2.24) is 0 Å². The van der Waals surface area contributed by atoms with Gasteiger partial charge in [0.2, 0.25) is 0 Å². The van der Waals surface area contributed by atoms with Crippen LogP contribution in [-0.4, -0.2) is 13.1 Å². The van der Waals surface area contributed by atoms with Crippen molar-refractivity contribution >= 4 is 11.7 Å². The number of benzene rings is 1. The molecule has 0 bridgehead atoms. The summed E-state index contributed by atoms with van der Waals surface area (Å²) in [6.07, 6.45) is 3.17. The van der Waals surface area contributed by atoms with Crippen molar-refractivity contribution in [1.29, 1.82) is 5.26 Å². The lowest BCUT2D eigenvalue weighted by Gasteiger charge is -2.08. The standard InChI is InChI=1S/C14H12N3O.ClH/c1-16(13-5-3-2-4-6-13)14(18)17-9-7-12(11-15)8-10-17;/h2-10H,1H3;1H/q+1;/p-1. The average molecular weight is 274 g/mol. The summed E-state index contributed by atoms with van der Waals surface area (Å²) in [5, 5.41) is 8.70. The molecule has 1 amide bonds. The van der Waals surface area contributed by atoms with E-state index in [1.807, 2.05) is 36.4 Å². The molecule has 0 unspecified atom stereocenters. The van der Waals surface area contributed by atoms with Gasteiger partial charge < -0.3 is 12.4 Å². The van der Waals surface area contributed by atoms with Crippen molar-refractivity contribution in [3.8, 4) is 6.07 Å². The number of nitriles is 1. The largest absolute Gasteiger partial charge is 1.00 e. The van der Waals surface area contributed by atoms with Crippen molar-refractivity contribution in [2.75, 3.05) is 11.9 Å². The number of halogens is 1. The first-order valence-electron chi connectivity index (χ1n) is 5.47. The van der Waals surface area contributed by atoms with Crippen LogP contribution in [0.5, 0.6) is 0 Å². The first-order valence-corrected chi connectivity index (χ1v) is 5.47. The predicted octanol–water partition coefficient (Wildman–Crippen LogP) is -1.05. The summed E-state index contributed by atoms with van der Waals surface area (Å²) in [7, 11) is 1.71. The number of anilines is 1. The van der Waals surface area contributed by atoms with Crippen molar-refractivity contribution < 1.29 is 21.8 Å². The quantitative estimate of drug-likeness (QED) is 0.623. The van der Waals surface area contributed by atoms with E-state index in [4.69, 9.17) is 5.26 Å². The van der Waals surface area contributed by atoms with E-state index in [2.05, 4.69) is 0 Å². The Hall–Kier alpha value is -2.38. The lowest BCUT2D eigenvalue weighted by Crippen LogP contribution is -3.00. The molecule has 0 radical (unpaired) electrons. The van der Waals surface area contributed by atoms with E-state index in [1.54, 1.807) is 36.5 Å². The van der Waals surface area contributed by atoms with Crippen LogP contribution in [-0.2, 0) is 0 Å². The molecule has 0 N–H and O–H groups in total. The molecule has 2 aromatic rings. The second-order valence-corrected chi connectivity index (χ2v) is 3.78. The molecular formula is C14H12ClN3O. The van der Waals surface area contributed by atoms with Gasteiger partial charge in [-0.15, -0.1) is 0 Å². The Bertz CT molecular complexity index is 590. The van der Waals surface area contributed by atoms with E-state index in [0.29, 0.717) is 5.56 Å². The number of rotatable bonds is 1. The van der Waals surface area contributed by atoms with Crippen molar-refractivity contribution in [2.45, 2.75) is 0 Å². The number of carbonyl (C=O) groups is 1. The molecule has 0 aliphatic carbocycles. The van der Waals surface area contributed by atoms with Crippen LogP contribution in [0.25, 0.3) is 0 Å². The Morgan fingerprint density at radius 3 is 2.26 bits per heavy atom. The van der Waals surface area contributed by atoms with Gasteiger partial charge in [0.1, 0.15) is 18.1 Å². The minimum absolute atomic E-state index is 0. The van der Waals surface area contributed by atoms with Crippen LogP contribution < -0.4 is 21.9 Å². The summed E-state index contributed by atoms with van der Waals surface area (Å²) >= 11 is 0. The molecule has 1 aromatic carbocycles. The highest BCUT2D eigenvalue weighted by atomic mass is 35.5. The first kappa shape index (κ1) is 14.7. The lowest BCUT2D eigenvalue weighted by molar-refractivity contribution is -0.569. The van der Waals surface area contributed by atoms with E-state index in [0.717, 1.165) is 5.69 Å². The smallest absolute Gasteiger partial charge is 0.502 e. The fourth-order valence-corrected chi connectivity index (χ4v) is 1.56. The van der Waals surface area contributed by atoms with Crippen LogP contribution in [0.4, 0.5) is 10.5 Å². The normalized spacial score (nSPS) is 9.05. The summed E-state index contributed by atoms with van der Waals surface area (Å²) in [5.41, 5.74) is 1.35. The molecule has 19 heavy (non-hydrogen) atoms. The van der Waals surface area contributed by atoms with Gasteiger partial charge in [-0.25, -0.2) is 0 Å². The van der Waals surface area contributed by atoms with Crippen molar-refractivity contribution in [3.05, 3.63) is 60.4 Å². The number of hydrogen-bond acceptors (Lipinski definition) is 2. The number of amides is 1. The Balaban J connectivity index is 0.00000180. The van der Waals surface area contributed by atoms with Crippen molar-refractivity contribution in [2.24, 2.45) is 0 Å². The number of nitrogens with zero attached hydrogens (tertiary/aromatic N) is 3. The molecular weight excluding hydrogens is 262 g/mol. The van der Waals surface area contributed by atoms with Gasteiger partial charge >= 0.3 is 6.03 Å². The molecule has 0 spiro atoms. The topological polar surface area (TPSA) is 48.0 Å². The molecule has 4 nitrogen and oxygen atoms in total. The molecule has 0 saturated carbocycles. The van der Waals surface area contributed by atoms with Gasteiger partial charge in [-0.3, -0.25) is 0 Å². The zero-order chi connectivity index (χ0) is 13.0. The number of hydrogen-bond donors (Lipinski definition) is 0. The maximum atomic E-state index is 12.2. The second kappa shape index (κ2) is 6.53. The molecule has 0 atom stereocenters. The highest BCUT2D eigenvalue weighted by Crippen LogP contribution is 2.10. The lowest BCUT2D eigenvalue weighted by atomic mass is 10.3. The van der Waals surface area contributed by atoms with Gasteiger partial charge in [0.25, 0.3) is 0 Å². The van der Waals surface area contributed by atoms with Gasteiger partial charge in [-0.05, 0) is 24.3 Å². The summed E-state index contributed by atoms with van der Waals surface area (Å²) in [5.74, 6) is 0. The van der Waals surface area contributed by atoms with Crippen LogP contribution in [0.1, 0.15) is 5.56 Å². The van der Waals surface area contributed by atoms with Crippen LogP contribution >= 0.6 is 0 Å². The first-order chi connectivity index (χ1) is 8.72. The third-order valence-electron chi connectivity index (χ3n) is 2.61. The number of carbonyl (C=O) groups excluding carboxylic acids is 1. The Morgan fingerprint density at radius 1 is 1.16 bits per heavy atom. The molecule has 0 fully saturated rings. The molecule has 1 aromatic heterocycles. The number of pyridine rings is 1. The van der Waals surface area contributed by atoms with Crippen LogP contribution in [0, 0.1) is 11.3 Å². The monoisotopic (exact) mass is 273 g/mol. The third kappa shape index (κ3) is 3.30. The minimum Gasteiger partial charge on any atom is -1.00 e. The van der Waals surface area contributed by atoms with E-state index in [-0.39, 0.29) is 18.4 Å². The molecule has 5 heteroatoms. The van der Waals surface area contributed by atoms with Crippen LogP contribution in [0.2, 0.25) is 0 Å². The predicted molar refractivity (Wildman–Crippen MR) is 67.0 cm³/mol. The van der Waals surface area contributed by atoms with Crippen molar-refractivity contribution in [3.63, 3.8) is 0 Å². The molecule has 0 aliphatic rings. The van der Waals surface area contributed by atoms with Gasteiger partial charge in [-0.2, -0.15) is 19.5 Å². The van der Waals surface area contributed by atoms with Crippen LogP contribution in [0.15, 0.2) is 54.9 Å². The zero-order valence-corrected chi connectivity index (χ0v) is 11.1. The Morgan fingerprint density at radius 2 is 1.74 bits per heavy atom. The minimum atomic E-state index is -0.175. The summed E-state index contributed by atoms with van der Waals surface area (Å²) in [6.45, 7) is 0. The number of aromatic nitrogens is 1. The van der Waals surface area contributed by atoms with Gasteiger partial charge in [0.15, 0.2) is 0 Å². The summed E-state index contributed by atoms with van der Waals surface area (Å²) in [6, 6.07) is 14.4. The summed E-state index contributed by atoms with van der Waals surface area (Å²) in [4.78, 5) is 13.7. The van der Waals surface area contributed by atoms with E-state index >= 15 is 0 Å². The fourth-order valence-electron chi connectivity index (χ4n) is 1.56. The molecule has 2 rings (SSSR count). The van der Waals surface area contributed by atoms with Gasteiger partial charge in [-0.1, -0.05) is 18.2 Å². The van der Waals surface area contributed by atoms with Gasteiger partial charge in [0, 0.05) is 0 Å². The maximum absolute atomic E-state index is 12.2. The SMILES string of the molecule is CN(C(=O)[n+]1ccc(C#N)cc1)c1ccccc1.[Cl-]. The fraction of sp³-hybridized carbons (Fsp3) is 0.0714. The van der Waals surface area contributed by atoms with Crippen LogP contribution in [0.3, 0.4) is 0 Å². The highest BCUT2D eigenvalue weighted by molar-refractivity contribution is 5.84. The summed E-state index contributed by atoms with van der Waals surface area (Å²) < 4.78 is 1.44. The maximum Gasteiger partial charge on any atom is 0.502 e. The van der Waals surface area contributed by atoms with Gasteiger partial charge in [0.05, 0.1) is 18.7 Å². The molecule has 0 aliphatic heterocycles. The molecule has 0 saturated heterocycles. The van der Waals surface area contributed by atoms with E-state index < -0.39 is 0 Å². The molecule has 96 valence electrons. The second-order valence-electron chi connectivity index (χ2n) is 3.78. The van der Waals surface area contributed by atoms with E-state index in [9.17, 15) is 4.79 Å². The number of para-hydroxylation sites is 1. The zero-order valence-electron chi connectivity index (χ0n) is 10.3. The highest BCUT2D eigenvalue weighted by Gasteiger charge is 2.21. The Kier molecular flexibility index (Phi) is 5.04. The average Bonchev–Trinajstić information content (AvgIpc) is 2.47. The Labute approximate surface area is 117 Å². The third-order valence-corrected chi connectivity index (χ3v) is 2.61.